The number of hydrogen-bond acceptors (Lipinski definition) is 4. The molecule has 0 aliphatic carbocycles. The average molecular weight is 378 g/mol. The molecule has 1 unspecified atom stereocenters. The molecule has 0 radical (unpaired) electrons. The molecule has 1 N–H and O–H groups in total. The van der Waals surface area contributed by atoms with Gasteiger partial charge in [0, 0.05) is 23.2 Å². The van der Waals surface area contributed by atoms with Gasteiger partial charge in [0.2, 0.25) is 10.0 Å². The van der Waals surface area contributed by atoms with E-state index < -0.39 is 10.0 Å². The molecule has 21 heavy (non-hydrogen) atoms. The van der Waals surface area contributed by atoms with Crippen molar-refractivity contribution >= 4 is 31.6 Å². The average Bonchev–Trinajstić information content (AvgIpc) is 2.92. The van der Waals surface area contributed by atoms with Crippen molar-refractivity contribution in [1.29, 1.82) is 0 Å². The number of alkyl halides is 1. The van der Waals surface area contributed by atoms with Crippen molar-refractivity contribution in [3.8, 4) is 5.75 Å². The van der Waals surface area contributed by atoms with Crippen molar-refractivity contribution in [2.24, 2.45) is 0 Å². The number of sulfonamides is 1. The van der Waals surface area contributed by atoms with Gasteiger partial charge in [-0.05, 0) is 38.0 Å². The van der Waals surface area contributed by atoms with Gasteiger partial charge in [-0.2, -0.15) is 0 Å². The molecule has 0 amide bonds. The highest BCUT2D eigenvalue weighted by molar-refractivity contribution is 9.08. The Morgan fingerprint density at radius 3 is 2.90 bits per heavy atom. The van der Waals surface area contributed by atoms with Crippen molar-refractivity contribution in [2.45, 2.75) is 31.2 Å². The molecule has 5 nitrogen and oxygen atoms in total. The molecule has 1 aromatic rings. The molecule has 1 atom stereocenters. The Bertz CT molecular complexity index is 570. The van der Waals surface area contributed by atoms with Crippen LogP contribution in [0.25, 0.3) is 0 Å². The van der Waals surface area contributed by atoms with E-state index in [0.29, 0.717) is 24.2 Å². The summed E-state index contributed by atoms with van der Waals surface area (Å²) >= 11 is 3.39. The predicted molar refractivity (Wildman–Crippen MR) is 86.6 cm³/mol. The second-order valence-corrected chi connectivity index (χ2v) is 7.24. The van der Waals surface area contributed by atoms with E-state index in [9.17, 15) is 8.42 Å². The maximum Gasteiger partial charge on any atom is 0.235 e. The van der Waals surface area contributed by atoms with Gasteiger partial charge in [-0.15, -0.1) is 0 Å². The van der Waals surface area contributed by atoms with Crippen LogP contribution in [0.1, 0.15) is 25.3 Å². The lowest BCUT2D eigenvalue weighted by molar-refractivity contribution is 0.127. The molecule has 0 spiro atoms. The summed E-state index contributed by atoms with van der Waals surface area (Å²) in [6, 6.07) is 5.28. The molecular formula is C14H20BrNO4S. The van der Waals surface area contributed by atoms with Crippen molar-refractivity contribution < 1.29 is 17.9 Å². The molecule has 0 aromatic heterocycles. The monoisotopic (exact) mass is 377 g/mol. The molecule has 1 aliphatic heterocycles. The Balaban J connectivity index is 2.07. The second-order valence-electron chi connectivity index (χ2n) is 4.91. The fourth-order valence-corrected chi connectivity index (χ4v) is 4.05. The summed E-state index contributed by atoms with van der Waals surface area (Å²) in [6.07, 6.45) is 1.54. The van der Waals surface area contributed by atoms with E-state index in [2.05, 4.69) is 20.7 Å². The minimum Gasteiger partial charge on any atom is -0.494 e. The highest BCUT2D eigenvalue weighted by Gasteiger charge is 2.23. The molecule has 1 saturated heterocycles. The molecule has 0 saturated carbocycles. The summed E-state index contributed by atoms with van der Waals surface area (Å²) in [7, 11) is -3.40. The molecular weight excluding hydrogens is 358 g/mol. The van der Waals surface area contributed by atoms with Crippen molar-refractivity contribution in [3.05, 3.63) is 23.8 Å². The lowest BCUT2D eigenvalue weighted by Crippen LogP contribution is -2.25. The van der Waals surface area contributed by atoms with Gasteiger partial charge in [-0.3, -0.25) is 4.72 Å². The minimum absolute atomic E-state index is 0.00383. The molecule has 1 aromatic carbocycles. The first-order valence-electron chi connectivity index (χ1n) is 6.98. The van der Waals surface area contributed by atoms with Crippen LogP contribution in [0.5, 0.6) is 5.75 Å². The summed E-state index contributed by atoms with van der Waals surface area (Å²) in [5, 5.41) is 0.601. The fourth-order valence-electron chi connectivity index (χ4n) is 2.29. The quantitative estimate of drug-likeness (QED) is 0.741. The van der Waals surface area contributed by atoms with Crippen LogP contribution in [-0.2, 0) is 20.1 Å². The number of nitrogens with one attached hydrogen (secondary N) is 1. The number of ether oxygens (including phenoxy) is 2. The Morgan fingerprint density at radius 2 is 2.29 bits per heavy atom. The van der Waals surface area contributed by atoms with Gasteiger partial charge in [-0.1, -0.05) is 15.9 Å². The first kappa shape index (κ1) is 16.6. The number of rotatable bonds is 7. The summed E-state index contributed by atoms with van der Waals surface area (Å²) in [6.45, 7) is 3.14. The topological polar surface area (TPSA) is 64.6 Å². The lowest BCUT2D eigenvalue weighted by atomic mass is 10.2. The molecule has 2 rings (SSSR count). The summed E-state index contributed by atoms with van der Waals surface area (Å²) < 4.78 is 37.7. The molecule has 7 heteroatoms. The van der Waals surface area contributed by atoms with Gasteiger partial charge >= 0.3 is 0 Å². The highest BCUT2D eigenvalue weighted by atomic mass is 79.9. The van der Waals surface area contributed by atoms with E-state index in [0.717, 1.165) is 24.2 Å². The highest BCUT2D eigenvalue weighted by Crippen LogP contribution is 2.26. The minimum atomic E-state index is -3.40. The van der Waals surface area contributed by atoms with Crippen LogP contribution in [0.15, 0.2) is 18.2 Å². The zero-order chi connectivity index (χ0) is 15.3. The Labute approximate surface area is 134 Å². The maximum atomic E-state index is 12.1. The van der Waals surface area contributed by atoms with Crippen LogP contribution >= 0.6 is 15.9 Å². The van der Waals surface area contributed by atoms with Crippen LogP contribution in [0.4, 0.5) is 5.69 Å². The van der Waals surface area contributed by atoms with Crippen molar-refractivity contribution in [2.75, 3.05) is 23.7 Å². The van der Waals surface area contributed by atoms with Gasteiger partial charge in [-0.25, -0.2) is 8.42 Å². The maximum absolute atomic E-state index is 12.1. The van der Waals surface area contributed by atoms with E-state index in [-0.39, 0.29) is 11.9 Å². The van der Waals surface area contributed by atoms with E-state index in [1.54, 1.807) is 18.2 Å². The first-order chi connectivity index (χ1) is 10.0. The number of halogens is 1. The van der Waals surface area contributed by atoms with E-state index in [1.165, 1.54) is 0 Å². The van der Waals surface area contributed by atoms with Crippen molar-refractivity contribution in [3.63, 3.8) is 0 Å². The molecule has 1 heterocycles. The number of anilines is 1. The summed E-state index contributed by atoms with van der Waals surface area (Å²) in [5.74, 6) is 0.764. The van der Waals surface area contributed by atoms with Crippen LogP contribution < -0.4 is 9.46 Å². The summed E-state index contributed by atoms with van der Waals surface area (Å²) in [4.78, 5) is 0. The third-order valence-electron chi connectivity index (χ3n) is 3.21. The van der Waals surface area contributed by atoms with E-state index >= 15 is 0 Å². The van der Waals surface area contributed by atoms with Gasteiger partial charge in [0.1, 0.15) is 5.75 Å². The van der Waals surface area contributed by atoms with Crippen LogP contribution in [-0.4, -0.2) is 33.5 Å². The zero-order valence-corrected chi connectivity index (χ0v) is 14.4. The molecule has 1 aliphatic rings. The van der Waals surface area contributed by atoms with Crippen molar-refractivity contribution in [1.82, 2.24) is 0 Å². The molecule has 0 bridgehead atoms. The third kappa shape index (κ3) is 4.86. The largest absolute Gasteiger partial charge is 0.494 e. The Kier molecular flexibility index (Phi) is 5.89. The van der Waals surface area contributed by atoms with Crippen LogP contribution in [0.2, 0.25) is 0 Å². The first-order valence-corrected chi connectivity index (χ1v) is 9.75. The normalized spacial score (nSPS) is 18.7. The predicted octanol–water partition coefficient (Wildman–Crippen LogP) is 2.90. The van der Waals surface area contributed by atoms with Gasteiger partial charge < -0.3 is 9.47 Å². The molecule has 1 fully saturated rings. The zero-order valence-electron chi connectivity index (χ0n) is 12.0. The van der Waals surface area contributed by atoms with Crippen LogP contribution in [0.3, 0.4) is 0 Å². The van der Waals surface area contributed by atoms with Crippen LogP contribution in [0, 0.1) is 0 Å². The lowest BCUT2D eigenvalue weighted by Gasteiger charge is -2.14. The second kappa shape index (κ2) is 7.47. The third-order valence-corrected chi connectivity index (χ3v) is 5.17. The van der Waals surface area contributed by atoms with Gasteiger partial charge in [0.05, 0.1) is 18.5 Å². The van der Waals surface area contributed by atoms with E-state index in [1.807, 2.05) is 6.92 Å². The van der Waals surface area contributed by atoms with Gasteiger partial charge in [0.15, 0.2) is 0 Å². The number of benzene rings is 1. The Hall–Kier alpha value is -0.790. The summed E-state index contributed by atoms with van der Waals surface area (Å²) in [5.41, 5.74) is 1.46. The fraction of sp³-hybridized carbons (Fsp3) is 0.571. The van der Waals surface area contributed by atoms with E-state index in [4.69, 9.17) is 9.47 Å². The molecule has 118 valence electrons. The SMILES string of the molecule is CCOc1ccc(NS(=O)(=O)CC2CCCO2)cc1CBr. The standard InChI is InChI=1S/C14H20BrNO4S/c1-2-19-14-6-5-12(8-11(14)9-15)16-21(17,18)10-13-4-3-7-20-13/h5-6,8,13,16H,2-4,7,9-10H2,1H3. The van der Waals surface area contributed by atoms with Gasteiger partial charge in [0.25, 0.3) is 0 Å². The smallest absolute Gasteiger partial charge is 0.235 e. The Morgan fingerprint density at radius 1 is 1.48 bits per heavy atom. The number of hydrogen-bond donors (Lipinski definition) is 1.